The number of hydrogen-bond acceptors (Lipinski definition) is 4. The van der Waals surface area contributed by atoms with Gasteiger partial charge in [0.2, 0.25) is 0 Å². The van der Waals surface area contributed by atoms with Crippen LogP contribution < -0.4 is 5.56 Å². The summed E-state index contributed by atoms with van der Waals surface area (Å²) in [6.45, 7) is 4.40. The Morgan fingerprint density at radius 3 is 2.62 bits per heavy atom. The molecule has 1 fully saturated rings. The minimum absolute atomic E-state index is 0.157. The van der Waals surface area contributed by atoms with E-state index in [4.69, 9.17) is 4.42 Å². The molecule has 4 aromatic rings. The van der Waals surface area contributed by atoms with Gasteiger partial charge in [-0.3, -0.25) is 9.69 Å². The third-order valence-electron chi connectivity index (χ3n) is 7.33. The minimum Gasteiger partial charge on any atom is -0.460 e. The van der Waals surface area contributed by atoms with Crippen LogP contribution in [0.25, 0.3) is 22.1 Å². The number of likely N-dealkylation sites (tertiary alicyclic amines) is 1. The van der Waals surface area contributed by atoms with E-state index in [9.17, 15) is 4.79 Å². The predicted molar refractivity (Wildman–Crippen MR) is 136 cm³/mol. The Labute approximate surface area is 200 Å². The molecule has 5 nitrogen and oxygen atoms in total. The average Bonchev–Trinajstić information content (AvgIpc) is 3.22. The van der Waals surface area contributed by atoms with Crippen molar-refractivity contribution in [2.45, 2.75) is 32.0 Å². The van der Waals surface area contributed by atoms with E-state index in [1.54, 1.807) is 0 Å². The van der Waals surface area contributed by atoms with Gasteiger partial charge in [-0.05, 0) is 61.8 Å². The Hall–Kier alpha value is -3.15. The van der Waals surface area contributed by atoms with Crippen LogP contribution in [-0.4, -0.2) is 41.6 Å². The first-order chi connectivity index (χ1) is 16.5. The molecule has 0 saturated carbocycles. The molecule has 2 unspecified atom stereocenters. The molecule has 0 radical (unpaired) electrons. The quantitative estimate of drug-likeness (QED) is 0.429. The summed E-state index contributed by atoms with van der Waals surface area (Å²) in [4.78, 5) is 18.3. The highest BCUT2D eigenvalue weighted by molar-refractivity contribution is 5.77. The van der Waals surface area contributed by atoms with E-state index in [1.165, 1.54) is 11.3 Å². The van der Waals surface area contributed by atoms with Crippen molar-refractivity contribution in [2.24, 2.45) is 5.92 Å². The van der Waals surface area contributed by atoms with E-state index in [0.717, 1.165) is 67.0 Å². The first-order valence-electron chi connectivity index (χ1n) is 12.2. The molecule has 2 aromatic carbocycles. The zero-order chi connectivity index (χ0) is 23.2. The van der Waals surface area contributed by atoms with E-state index in [0.29, 0.717) is 11.8 Å². The van der Waals surface area contributed by atoms with Crippen molar-refractivity contribution in [1.29, 1.82) is 0 Å². The first-order valence-corrected chi connectivity index (χ1v) is 12.2. The lowest BCUT2D eigenvalue weighted by Gasteiger charge is -2.42. The molecule has 2 aliphatic heterocycles. The zero-order valence-corrected chi connectivity index (χ0v) is 19.9. The van der Waals surface area contributed by atoms with E-state index in [-0.39, 0.29) is 5.56 Å². The summed E-state index contributed by atoms with van der Waals surface area (Å²) in [6, 6.07) is 22.9. The molecule has 0 amide bonds. The van der Waals surface area contributed by atoms with Gasteiger partial charge in [0.1, 0.15) is 11.3 Å². The number of pyridine rings is 1. The van der Waals surface area contributed by atoms with Gasteiger partial charge in [-0.2, -0.15) is 0 Å². The third kappa shape index (κ3) is 3.89. The van der Waals surface area contributed by atoms with Crippen LogP contribution in [0.2, 0.25) is 0 Å². The fourth-order valence-electron chi connectivity index (χ4n) is 5.98. The third-order valence-corrected chi connectivity index (χ3v) is 7.33. The Morgan fingerprint density at radius 2 is 1.76 bits per heavy atom. The van der Waals surface area contributed by atoms with E-state index in [1.807, 2.05) is 18.2 Å². The second kappa shape index (κ2) is 8.57. The van der Waals surface area contributed by atoms with Crippen molar-refractivity contribution in [2.75, 3.05) is 27.2 Å². The van der Waals surface area contributed by atoms with E-state index in [2.05, 4.69) is 77.0 Å². The number of para-hydroxylation sites is 1. The second-order valence-electron chi connectivity index (χ2n) is 10.2. The summed E-state index contributed by atoms with van der Waals surface area (Å²) < 4.78 is 8.15. The average molecular weight is 454 g/mol. The molecular formula is C29H31N3O2. The van der Waals surface area contributed by atoms with Crippen LogP contribution in [0, 0.1) is 5.92 Å². The van der Waals surface area contributed by atoms with Gasteiger partial charge in [-0.15, -0.1) is 0 Å². The van der Waals surface area contributed by atoms with Gasteiger partial charge in [0.05, 0.1) is 6.54 Å². The molecule has 1 saturated heterocycles. The number of hydrogen-bond donors (Lipinski definition) is 0. The van der Waals surface area contributed by atoms with E-state index < -0.39 is 0 Å². The lowest BCUT2D eigenvalue weighted by molar-refractivity contribution is 0.108. The van der Waals surface area contributed by atoms with Crippen molar-refractivity contribution in [1.82, 2.24) is 14.4 Å². The maximum atomic E-state index is 13.7. The lowest BCUT2D eigenvalue weighted by Crippen LogP contribution is -2.46. The normalized spacial score (nSPS) is 20.1. The zero-order valence-electron chi connectivity index (χ0n) is 19.9. The van der Waals surface area contributed by atoms with Crippen molar-refractivity contribution in [3.05, 3.63) is 94.1 Å². The SMILES string of the molecule is CN(C)Cc1ccccc1-c1ccc2n(c1=O)CC1CC2CN(Cc2cc3ccccc3o2)C1. The van der Waals surface area contributed by atoms with Gasteiger partial charge >= 0.3 is 0 Å². The lowest BCUT2D eigenvalue weighted by atomic mass is 9.82. The van der Waals surface area contributed by atoms with Crippen LogP contribution in [0.3, 0.4) is 0 Å². The van der Waals surface area contributed by atoms with Gasteiger partial charge in [0.15, 0.2) is 0 Å². The van der Waals surface area contributed by atoms with Crippen molar-refractivity contribution < 1.29 is 4.42 Å². The fraction of sp³-hybridized carbons (Fsp3) is 0.345. The number of aromatic nitrogens is 1. The highest BCUT2D eigenvalue weighted by atomic mass is 16.3. The van der Waals surface area contributed by atoms with E-state index >= 15 is 0 Å². The van der Waals surface area contributed by atoms with Crippen molar-refractivity contribution in [3.8, 4) is 11.1 Å². The largest absolute Gasteiger partial charge is 0.460 e. The highest BCUT2D eigenvalue weighted by Crippen LogP contribution is 2.37. The molecule has 2 bridgehead atoms. The van der Waals surface area contributed by atoms with Gasteiger partial charge in [0, 0.05) is 48.7 Å². The molecule has 34 heavy (non-hydrogen) atoms. The summed E-state index contributed by atoms with van der Waals surface area (Å²) >= 11 is 0. The molecule has 0 N–H and O–H groups in total. The molecule has 0 aliphatic carbocycles. The topological polar surface area (TPSA) is 41.6 Å². The summed E-state index contributed by atoms with van der Waals surface area (Å²) in [5.74, 6) is 1.89. The molecule has 2 aromatic heterocycles. The summed E-state index contributed by atoms with van der Waals surface area (Å²) in [5, 5.41) is 1.16. The number of benzene rings is 2. The standard InChI is InChI=1S/C29H31N3O2/c1-30(2)17-22-8-3-5-9-25(22)26-11-12-27-23-13-20(16-32(27)29(26)33)15-31(18-23)19-24-14-21-7-4-6-10-28(21)34-24/h3-12,14,20,23H,13,15-19H2,1-2H3. The van der Waals surface area contributed by atoms with Crippen LogP contribution >= 0.6 is 0 Å². The number of nitrogens with zero attached hydrogens (tertiary/aromatic N) is 3. The first kappa shape index (κ1) is 21.4. The number of piperidine rings is 1. The maximum Gasteiger partial charge on any atom is 0.258 e. The predicted octanol–water partition coefficient (Wildman–Crippen LogP) is 4.94. The smallest absolute Gasteiger partial charge is 0.258 e. The van der Waals surface area contributed by atoms with Gasteiger partial charge < -0.3 is 13.9 Å². The Balaban J connectivity index is 1.28. The molecule has 174 valence electrons. The van der Waals surface area contributed by atoms with Gasteiger partial charge in [0.25, 0.3) is 5.56 Å². The fourth-order valence-corrected chi connectivity index (χ4v) is 5.98. The summed E-state index contributed by atoms with van der Waals surface area (Å²) in [5.41, 5.74) is 5.36. The molecule has 4 heterocycles. The number of furan rings is 1. The highest BCUT2D eigenvalue weighted by Gasteiger charge is 2.35. The van der Waals surface area contributed by atoms with Gasteiger partial charge in [-0.1, -0.05) is 42.5 Å². The number of fused-ring (bicyclic) bond motifs is 5. The Bertz CT molecular complexity index is 1370. The van der Waals surface area contributed by atoms with Gasteiger partial charge in [-0.25, -0.2) is 0 Å². The second-order valence-corrected chi connectivity index (χ2v) is 10.2. The maximum absolute atomic E-state index is 13.7. The summed E-state index contributed by atoms with van der Waals surface area (Å²) in [7, 11) is 4.13. The Morgan fingerprint density at radius 1 is 0.941 bits per heavy atom. The molecule has 2 aliphatic rings. The molecular weight excluding hydrogens is 422 g/mol. The minimum atomic E-state index is 0.157. The molecule has 2 atom stereocenters. The van der Waals surface area contributed by atoms with Crippen LogP contribution in [-0.2, 0) is 19.6 Å². The van der Waals surface area contributed by atoms with Crippen LogP contribution in [0.4, 0.5) is 0 Å². The molecule has 6 rings (SSSR count). The number of rotatable bonds is 5. The van der Waals surface area contributed by atoms with Crippen LogP contribution in [0.1, 0.15) is 29.4 Å². The summed E-state index contributed by atoms with van der Waals surface area (Å²) in [6.07, 6.45) is 1.16. The molecule has 5 heteroatoms. The van der Waals surface area contributed by atoms with Crippen molar-refractivity contribution in [3.63, 3.8) is 0 Å². The van der Waals surface area contributed by atoms with Crippen molar-refractivity contribution >= 4 is 11.0 Å². The monoisotopic (exact) mass is 453 g/mol. The van der Waals surface area contributed by atoms with Crippen LogP contribution in [0.5, 0.6) is 0 Å². The van der Waals surface area contributed by atoms with Crippen LogP contribution in [0.15, 0.2) is 75.9 Å². The Kier molecular flexibility index (Phi) is 5.39. The molecule has 0 spiro atoms.